The molecule has 1 fully saturated rings. The summed E-state index contributed by atoms with van der Waals surface area (Å²) in [6.45, 7) is 3.52. The number of para-hydroxylation sites is 1. The van der Waals surface area contributed by atoms with E-state index in [1.54, 1.807) is 0 Å². The highest BCUT2D eigenvalue weighted by Gasteiger charge is 2.19. The number of nitrogens with zero attached hydrogens (tertiary/aromatic N) is 1. The van der Waals surface area contributed by atoms with E-state index in [1.807, 2.05) is 24.3 Å². The van der Waals surface area contributed by atoms with Gasteiger partial charge in [0.1, 0.15) is 5.75 Å². The van der Waals surface area contributed by atoms with Crippen molar-refractivity contribution in [1.82, 2.24) is 5.32 Å². The molecule has 0 unspecified atom stereocenters. The maximum absolute atomic E-state index is 5.96. The normalized spacial score (nSPS) is 15.2. The number of hydrogen-bond donors (Lipinski definition) is 2. The average Bonchev–Trinajstić information content (AvgIpc) is 2.39. The minimum Gasteiger partial charge on any atom is -0.490 e. The molecule has 2 rings (SSSR count). The molecule has 0 heterocycles. The van der Waals surface area contributed by atoms with E-state index in [4.69, 9.17) is 10.5 Å². The molecule has 1 aromatic carbocycles. The van der Waals surface area contributed by atoms with Gasteiger partial charge in [0.05, 0.1) is 12.6 Å². The molecule has 0 bridgehead atoms. The zero-order valence-corrected chi connectivity index (χ0v) is 14.3. The standard InChI is InChI=1S/C15H23N3O.HI/c1-2-10-17-15(16)18-11-12-6-3-4-9-14(12)19-13-7-5-8-13;/h3-4,6,9,13H,2,5,7-8,10-11H2,1H3,(H3,16,17,18);1H. The first-order valence-electron chi connectivity index (χ1n) is 7.08. The SMILES string of the molecule is CCCNC(N)=NCc1ccccc1OC1CCC1.I. The van der Waals surface area contributed by atoms with E-state index < -0.39 is 0 Å². The molecular formula is C15H24IN3O. The van der Waals surface area contributed by atoms with E-state index >= 15 is 0 Å². The van der Waals surface area contributed by atoms with E-state index in [-0.39, 0.29) is 24.0 Å². The monoisotopic (exact) mass is 389 g/mol. The van der Waals surface area contributed by atoms with Crippen LogP contribution in [0.3, 0.4) is 0 Å². The number of ether oxygens (including phenoxy) is 1. The highest BCUT2D eigenvalue weighted by molar-refractivity contribution is 14.0. The number of halogens is 1. The van der Waals surface area contributed by atoms with Gasteiger partial charge >= 0.3 is 0 Å². The van der Waals surface area contributed by atoms with Gasteiger partial charge in [0, 0.05) is 12.1 Å². The fraction of sp³-hybridized carbons (Fsp3) is 0.533. The van der Waals surface area contributed by atoms with Gasteiger partial charge in [-0.1, -0.05) is 25.1 Å². The van der Waals surface area contributed by atoms with Gasteiger partial charge in [-0.2, -0.15) is 0 Å². The number of aliphatic imine (C=N–C) groups is 1. The summed E-state index contributed by atoms with van der Waals surface area (Å²) in [6.07, 6.45) is 5.03. The lowest BCUT2D eigenvalue weighted by atomic mass is 9.96. The van der Waals surface area contributed by atoms with Gasteiger partial charge in [-0.25, -0.2) is 4.99 Å². The molecule has 0 atom stereocenters. The summed E-state index contributed by atoms with van der Waals surface area (Å²) >= 11 is 0. The smallest absolute Gasteiger partial charge is 0.188 e. The van der Waals surface area contributed by atoms with E-state index in [0.717, 1.165) is 37.1 Å². The molecule has 1 aliphatic carbocycles. The van der Waals surface area contributed by atoms with E-state index in [1.165, 1.54) is 6.42 Å². The number of nitrogens with two attached hydrogens (primary N) is 1. The summed E-state index contributed by atoms with van der Waals surface area (Å²) in [4.78, 5) is 4.35. The lowest BCUT2D eigenvalue weighted by molar-refractivity contribution is 0.119. The third-order valence-corrected chi connectivity index (χ3v) is 3.29. The van der Waals surface area contributed by atoms with Crippen molar-refractivity contribution < 1.29 is 4.74 Å². The molecule has 0 spiro atoms. The fourth-order valence-electron chi connectivity index (χ4n) is 1.90. The second-order valence-corrected chi connectivity index (χ2v) is 4.91. The fourth-order valence-corrected chi connectivity index (χ4v) is 1.90. The number of nitrogens with one attached hydrogen (secondary N) is 1. The Kier molecular flexibility index (Phi) is 7.72. The summed E-state index contributed by atoms with van der Waals surface area (Å²) in [5.74, 6) is 1.44. The largest absolute Gasteiger partial charge is 0.490 e. The van der Waals surface area contributed by atoms with E-state index in [0.29, 0.717) is 18.6 Å². The Bertz CT molecular complexity index is 433. The zero-order valence-electron chi connectivity index (χ0n) is 12.0. The van der Waals surface area contributed by atoms with Crippen LogP contribution in [0.25, 0.3) is 0 Å². The van der Waals surface area contributed by atoms with Crippen LogP contribution in [0.4, 0.5) is 0 Å². The van der Waals surface area contributed by atoms with Gasteiger partial charge in [-0.15, -0.1) is 24.0 Å². The molecule has 0 amide bonds. The molecule has 1 aliphatic rings. The lowest BCUT2D eigenvalue weighted by Gasteiger charge is -2.27. The van der Waals surface area contributed by atoms with Crippen molar-refractivity contribution in [3.63, 3.8) is 0 Å². The van der Waals surface area contributed by atoms with Crippen LogP contribution in [0.15, 0.2) is 29.3 Å². The van der Waals surface area contributed by atoms with Crippen molar-refractivity contribution in [3.05, 3.63) is 29.8 Å². The van der Waals surface area contributed by atoms with Crippen LogP contribution in [0, 0.1) is 0 Å². The molecule has 1 saturated carbocycles. The van der Waals surface area contributed by atoms with Gasteiger partial charge in [0.2, 0.25) is 0 Å². The molecule has 4 nitrogen and oxygen atoms in total. The van der Waals surface area contributed by atoms with Crippen molar-refractivity contribution in [2.45, 2.75) is 45.3 Å². The molecule has 0 radical (unpaired) electrons. The molecule has 5 heteroatoms. The molecule has 112 valence electrons. The van der Waals surface area contributed by atoms with Crippen molar-refractivity contribution in [2.24, 2.45) is 10.7 Å². The van der Waals surface area contributed by atoms with Crippen LogP contribution in [0.1, 0.15) is 38.2 Å². The Balaban J connectivity index is 0.00000200. The van der Waals surface area contributed by atoms with Gasteiger partial charge in [-0.05, 0) is 31.7 Å². The number of hydrogen-bond acceptors (Lipinski definition) is 2. The van der Waals surface area contributed by atoms with Gasteiger partial charge < -0.3 is 15.8 Å². The molecule has 0 aliphatic heterocycles. The Labute approximate surface area is 138 Å². The van der Waals surface area contributed by atoms with Gasteiger partial charge in [0.15, 0.2) is 5.96 Å². The highest BCUT2D eigenvalue weighted by Crippen LogP contribution is 2.27. The van der Waals surface area contributed by atoms with Crippen molar-refractivity contribution in [3.8, 4) is 5.75 Å². The van der Waals surface area contributed by atoms with Crippen molar-refractivity contribution >= 4 is 29.9 Å². The summed E-state index contributed by atoms with van der Waals surface area (Å²) < 4.78 is 5.96. The minimum absolute atomic E-state index is 0. The third kappa shape index (κ3) is 5.19. The zero-order chi connectivity index (χ0) is 13.5. The second-order valence-electron chi connectivity index (χ2n) is 4.91. The third-order valence-electron chi connectivity index (χ3n) is 3.29. The molecule has 3 N–H and O–H groups in total. The number of benzene rings is 1. The maximum atomic E-state index is 5.96. The number of guanidine groups is 1. The maximum Gasteiger partial charge on any atom is 0.188 e. The number of rotatable bonds is 6. The van der Waals surface area contributed by atoms with Gasteiger partial charge in [0.25, 0.3) is 0 Å². The summed E-state index contributed by atoms with van der Waals surface area (Å²) in [5, 5.41) is 3.07. The van der Waals surface area contributed by atoms with Crippen molar-refractivity contribution in [2.75, 3.05) is 6.54 Å². The summed E-state index contributed by atoms with van der Waals surface area (Å²) in [6, 6.07) is 8.07. The van der Waals surface area contributed by atoms with Crippen LogP contribution in [-0.4, -0.2) is 18.6 Å². The van der Waals surface area contributed by atoms with Crippen LogP contribution in [-0.2, 0) is 6.54 Å². The predicted molar refractivity (Wildman–Crippen MR) is 93.7 cm³/mol. The molecule has 0 saturated heterocycles. The predicted octanol–water partition coefficient (Wildman–Crippen LogP) is 3.05. The summed E-state index contributed by atoms with van der Waals surface area (Å²) in [7, 11) is 0. The first-order chi connectivity index (χ1) is 9.29. The first-order valence-corrected chi connectivity index (χ1v) is 7.08. The van der Waals surface area contributed by atoms with Crippen LogP contribution in [0.5, 0.6) is 5.75 Å². The highest BCUT2D eigenvalue weighted by atomic mass is 127. The van der Waals surface area contributed by atoms with E-state index in [9.17, 15) is 0 Å². The Hall–Kier alpha value is -0.980. The Morgan fingerprint density at radius 1 is 1.40 bits per heavy atom. The molecule has 0 aromatic heterocycles. The molecule has 1 aromatic rings. The molecular weight excluding hydrogens is 365 g/mol. The quantitative estimate of drug-likeness (QED) is 0.447. The Morgan fingerprint density at radius 2 is 2.15 bits per heavy atom. The lowest BCUT2D eigenvalue weighted by Crippen LogP contribution is -2.32. The Morgan fingerprint density at radius 3 is 2.80 bits per heavy atom. The summed E-state index contributed by atoms with van der Waals surface area (Å²) in [5.41, 5.74) is 6.89. The van der Waals surface area contributed by atoms with Crippen molar-refractivity contribution in [1.29, 1.82) is 0 Å². The first kappa shape index (κ1) is 17.1. The molecule has 20 heavy (non-hydrogen) atoms. The average molecular weight is 389 g/mol. The topological polar surface area (TPSA) is 59.6 Å². The van der Waals surface area contributed by atoms with Gasteiger partial charge in [-0.3, -0.25) is 0 Å². The van der Waals surface area contributed by atoms with Crippen LogP contribution < -0.4 is 15.8 Å². The minimum atomic E-state index is 0. The van der Waals surface area contributed by atoms with Crippen LogP contribution >= 0.6 is 24.0 Å². The second kappa shape index (κ2) is 9.05. The van der Waals surface area contributed by atoms with Crippen LogP contribution in [0.2, 0.25) is 0 Å². The van der Waals surface area contributed by atoms with E-state index in [2.05, 4.69) is 17.2 Å².